The van der Waals surface area contributed by atoms with Crippen LogP contribution in [-0.4, -0.2) is 8.07 Å². The van der Waals surface area contributed by atoms with E-state index in [-0.39, 0.29) is 11.3 Å². The van der Waals surface area contributed by atoms with Crippen molar-refractivity contribution in [2.24, 2.45) is 11.3 Å². The van der Waals surface area contributed by atoms with Gasteiger partial charge in [0.25, 0.3) is 0 Å². The summed E-state index contributed by atoms with van der Waals surface area (Å²) in [5.41, 5.74) is 1.22. The van der Waals surface area contributed by atoms with E-state index in [0.717, 1.165) is 5.56 Å². The zero-order chi connectivity index (χ0) is 14.7. The van der Waals surface area contributed by atoms with E-state index in [1.807, 2.05) is 18.2 Å². The summed E-state index contributed by atoms with van der Waals surface area (Å²) in [6, 6.07) is 10.2. The highest BCUT2D eigenvalue weighted by atomic mass is 28.3. The first-order valence-corrected chi connectivity index (χ1v) is 10.4. The molecule has 102 valence electrons. The van der Waals surface area contributed by atoms with Crippen LogP contribution in [0.15, 0.2) is 42.1 Å². The maximum absolute atomic E-state index is 4.36. The highest BCUT2D eigenvalue weighted by Crippen LogP contribution is 2.35. The first kappa shape index (κ1) is 15.8. The van der Waals surface area contributed by atoms with Gasteiger partial charge in [-0.2, -0.15) is 0 Å². The molecule has 0 radical (unpaired) electrons. The second-order valence-corrected chi connectivity index (χ2v) is 12.4. The van der Waals surface area contributed by atoms with E-state index in [1.165, 1.54) is 5.20 Å². The van der Waals surface area contributed by atoms with Crippen LogP contribution in [0.2, 0.25) is 19.6 Å². The zero-order valence-corrected chi connectivity index (χ0v) is 14.2. The molecule has 0 aromatic heterocycles. The lowest BCUT2D eigenvalue weighted by atomic mass is 9.81. The van der Waals surface area contributed by atoms with Crippen LogP contribution < -0.4 is 0 Å². The van der Waals surface area contributed by atoms with Gasteiger partial charge in [0.05, 0.1) is 8.07 Å². The summed E-state index contributed by atoms with van der Waals surface area (Å²) in [5.74, 6) is 7.05. The third kappa shape index (κ3) is 4.72. The maximum Gasteiger partial charge on any atom is 0.0733 e. The third-order valence-electron chi connectivity index (χ3n) is 3.31. The van der Waals surface area contributed by atoms with E-state index < -0.39 is 8.07 Å². The molecule has 1 unspecified atom stereocenters. The van der Waals surface area contributed by atoms with Crippen molar-refractivity contribution in [3.8, 4) is 11.8 Å². The summed E-state index contributed by atoms with van der Waals surface area (Å²) in [6.45, 7) is 18.2. The van der Waals surface area contributed by atoms with Crippen LogP contribution in [-0.2, 0) is 0 Å². The number of benzene rings is 1. The van der Waals surface area contributed by atoms with Gasteiger partial charge in [0.1, 0.15) is 0 Å². The molecule has 0 N–H and O–H groups in total. The van der Waals surface area contributed by atoms with Gasteiger partial charge < -0.3 is 0 Å². The van der Waals surface area contributed by atoms with Crippen LogP contribution in [0.4, 0.5) is 0 Å². The molecule has 0 heterocycles. The molecule has 0 aliphatic rings. The van der Waals surface area contributed by atoms with E-state index >= 15 is 0 Å². The second kappa shape index (κ2) is 5.80. The van der Waals surface area contributed by atoms with Crippen molar-refractivity contribution in [1.29, 1.82) is 0 Å². The Morgan fingerprint density at radius 3 is 2.05 bits per heavy atom. The molecule has 1 aromatic carbocycles. The SMILES string of the molecule is C=C(C(C#Cc1ccccc1)C(C)(C)C)[Si](C)(C)C. The first-order chi connectivity index (χ1) is 8.62. The number of hydrogen-bond acceptors (Lipinski definition) is 0. The van der Waals surface area contributed by atoms with E-state index in [9.17, 15) is 0 Å². The van der Waals surface area contributed by atoms with E-state index in [1.54, 1.807) is 0 Å². The number of allylic oxidation sites excluding steroid dienone is 1. The summed E-state index contributed by atoms with van der Waals surface area (Å²) < 4.78 is 0. The van der Waals surface area contributed by atoms with Crippen LogP contribution in [0.3, 0.4) is 0 Å². The van der Waals surface area contributed by atoms with E-state index in [2.05, 4.69) is 71.0 Å². The molecule has 1 rings (SSSR count). The van der Waals surface area contributed by atoms with Crippen LogP contribution in [0, 0.1) is 23.2 Å². The molecule has 0 fully saturated rings. The molecule has 0 nitrogen and oxygen atoms in total. The maximum atomic E-state index is 4.36. The second-order valence-electron chi connectivity index (χ2n) is 7.21. The molecular formula is C18H26Si. The molecule has 0 saturated heterocycles. The van der Waals surface area contributed by atoms with Gasteiger partial charge in [-0.25, -0.2) is 0 Å². The molecule has 0 saturated carbocycles. The van der Waals surface area contributed by atoms with Crippen molar-refractivity contribution in [3.63, 3.8) is 0 Å². The molecule has 1 aromatic rings. The van der Waals surface area contributed by atoms with Gasteiger partial charge in [0.2, 0.25) is 0 Å². The highest BCUT2D eigenvalue weighted by molar-refractivity contribution is 6.83. The lowest BCUT2D eigenvalue weighted by molar-refractivity contribution is 0.347. The average molecular weight is 270 g/mol. The molecule has 1 atom stereocenters. The van der Waals surface area contributed by atoms with Gasteiger partial charge in [-0.05, 0) is 17.5 Å². The van der Waals surface area contributed by atoms with Crippen LogP contribution in [0.25, 0.3) is 0 Å². The quantitative estimate of drug-likeness (QED) is 0.516. The minimum Gasteiger partial charge on any atom is -0.102 e. The van der Waals surface area contributed by atoms with Gasteiger partial charge in [-0.3, -0.25) is 0 Å². The Labute approximate surface area is 120 Å². The Morgan fingerprint density at radius 1 is 1.11 bits per heavy atom. The molecule has 1 heteroatoms. The van der Waals surface area contributed by atoms with Crippen molar-refractivity contribution in [1.82, 2.24) is 0 Å². The Kier molecular flexibility index (Phi) is 4.82. The molecule has 0 amide bonds. The Balaban J connectivity index is 3.09. The summed E-state index contributed by atoms with van der Waals surface area (Å²) in [6.07, 6.45) is 0. The third-order valence-corrected chi connectivity index (χ3v) is 5.53. The van der Waals surface area contributed by atoms with Gasteiger partial charge in [0, 0.05) is 11.5 Å². The monoisotopic (exact) mass is 270 g/mol. The molecule has 0 aliphatic heterocycles. The molecule has 0 aliphatic carbocycles. The minimum absolute atomic E-state index is 0.138. The standard InChI is InChI=1S/C18H26Si/c1-15(19(5,6)7)17(18(2,3)4)14-13-16-11-9-8-10-12-16/h8-12,17H,1H2,2-7H3. The van der Waals surface area contributed by atoms with E-state index in [4.69, 9.17) is 0 Å². The largest absolute Gasteiger partial charge is 0.102 e. The van der Waals surface area contributed by atoms with Crippen molar-refractivity contribution in [3.05, 3.63) is 47.7 Å². The normalized spacial score (nSPS) is 13.4. The van der Waals surface area contributed by atoms with Crippen molar-refractivity contribution in [2.75, 3.05) is 0 Å². The predicted octanol–water partition coefficient (Wildman–Crippen LogP) is 5.13. The Bertz CT molecular complexity index is 486. The molecular weight excluding hydrogens is 244 g/mol. The van der Waals surface area contributed by atoms with Gasteiger partial charge in [-0.1, -0.05) is 75.6 Å². The number of hydrogen-bond donors (Lipinski definition) is 0. The van der Waals surface area contributed by atoms with Crippen LogP contribution in [0.1, 0.15) is 26.3 Å². The lowest BCUT2D eigenvalue weighted by Gasteiger charge is -2.34. The lowest BCUT2D eigenvalue weighted by Crippen LogP contribution is -2.34. The zero-order valence-electron chi connectivity index (χ0n) is 13.2. The fourth-order valence-electron chi connectivity index (χ4n) is 1.94. The highest BCUT2D eigenvalue weighted by Gasteiger charge is 2.32. The Morgan fingerprint density at radius 2 is 1.63 bits per heavy atom. The molecule has 19 heavy (non-hydrogen) atoms. The van der Waals surface area contributed by atoms with Crippen molar-refractivity contribution in [2.45, 2.75) is 40.4 Å². The Hall–Kier alpha value is -1.26. The van der Waals surface area contributed by atoms with Crippen LogP contribution in [0.5, 0.6) is 0 Å². The van der Waals surface area contributed by atoms with Gasteiger partial charge in [-0.15, -0.1) is 6.58 Å². The predicted molar refractivity (Wildman–Crippen MR) is 88.8 cm³/mol. The molecule has 0 bridgehead atoms. The van der Waals surface area contributed by atoms with Gasteiger partial charge >= 0.3 is 0 Å². The first-order valence-electron chi connectivity index (χ1n) is 6.88. The number of rotatable bonds is 2. The topological polar surface area (TPSA) is 0 Å². The van der Waals surface area contributed by atoms with Gasteiger partial charge in [0.15, 0.2) is 0 Å². The summed E-state index contributed by atoms with van der Waals surface area (Å²) in [5, 5.41) is 1.35. The average Bonchev–Trinajstić information content (AvgIpc) is 2.27. The summed E-state index contributed by atoms with van der Waals surface area (Å²) in [4.78, 5) is 0. The minimum atomic E-state index is -1.37. The summed E-state index contributed by atoms with van der Waals surface area (Å²) >= 11 is 0. The van der Waals surface area contributed by atoms with Crippen molar-refractivity contribution >= 4 is 8.07 Å². The molecule has 0 spiro atoms. The van der Waals surface area contributed by atoms with Crippen LogP contribution >= 0.6 is 0 Å². The van der Waals surface area contributed by atoms with E-state index in [0.29, 0.717) is 0 Å². The van der Waals surface area contributed by atoms with Crippen molar-refractivity contribution < 1.29 is 0 Å². The fraction of sp³-hybridized carbons (Fsp3) is 0.444. The fourth-order valence-corrected chi connectivity index (χ4v) is 3.31. The summed E-state index contributed by atoms with van der Waals surface area (Å²) in [7, 11) is -1.37. The smallest absolute Gasteiger partial charge is 0.0733 e.